The maximum atomic E-state index is 12.8. The molecule has 8 heteroatoms. The van der Waals surface area contributed by atoms with Gasteiger partial charge in [0, 0.05) is 25.8 Å². The van der Waals surface area contributed by atoms with Crippen molar-refractivity contribution in [2.75, 3.05) is 18.0 Å². The SMILES string of the molecule is CCN(CC)c1ccc(CNC(=O)C(C)N2C(=O)NC3(CCCC3)C2=O)cn1. The van der Waals surface area contributed by atoms with E-state index < -0.39 is 17.6 Å². The van der Waals surface area contributed by atoms with E-state index in [4.69, 9.17) is 0 Å². The highest BCUT2D eigenvalue weighted by Gasteiger charge is 2.54. The van der Waals surface area contributed by atoms with E-state index in [0.717, 1.165) is 42.2 Å². The molecule has 28 heavy (non-hydrogen) atoms. The average Bonchev–Trinajstić information content (AvgIpc) is 3.26. The first-order valence-corrected chi connectivity index (χ1v) is 10.0. The van der Waals surface area contributed by atoms with Crippen molar-refractivity contribution < 1.29 is 14.4 Å². The van der Waals surface area contributed by atoms with Crippen LogP contribution in [0.3, 0.4) is 0 Å². The van der Waals surface area contributed by atoms with Gasteiger partial charge >= 0.3 is 6.03 Å². The lowest BCUT2D eigenvalue weighted by molar-refractivity contribution is -0.137. The molecule has 1 aliphatic heterocycles. The van der Waals surface area contributed by atoms with Gasteiger partial charge in [-0.25, -0.2) is 14.7 Å². The largest absolute Gasteiger partial charge is 0.357 e. The Hall–Kier alpha value is -2.64. The predicted octanol–water partition coefficient (Wildman–Crippen LogP) is 1.80. The molecule has 1 aliphatic carbocycles. The van der Waals surface area contributed by atoms with Crippen molar-refractivity contribution >= 4 is 23.7 Å². The zero-order valence-electron chi connectivity index (χ0n) is 16.8. The Balaban J connectivity index is 1.59. The van der Waals surface area contributed by atoms with Crippen LogP contribution in [0.2, 0.25) is 0 Å². The lowest BCUT2D eigenvalue weighted by Gasteiger charge is -2.23. The molecular weight excluding hydrogens is 358 g/mol. The zero-order valence-corrected chi connectivity index (χ0v) is 16.8. The summed E-state index contributed by atoms with van der Waals surface area (Å²) < 4.78 is 0. The van der Waals surface area contributed by atoms with Gasteiger partial charge in [0.25, 0.3) is 5.91 Å². The first kappa shape index (κ1) is 20.1. The van der Waals surface area contributed by atoms with Crippen LogP contribution < -0.4 is 15.5 Å². The van der Waals surface area contributed by atoms with E-state index >= 15 is 0 Å². The summed E-state index contributed by atoms with van der Waals surface area (Å²) >= 11 is 0. The lowest BCUT2D eigenvalue weighted by Crippen LogP contribution is -2.49. The van der Waals surface area contributed by atoms with Gasteiger partial charge in [-0.05, 0) is 45.2 Å². The quantitative estimate of drug-likeness (QED) is 0.696. The number of anilines is 1. The van der Waals surface area contributed by atoms with E-state index in [0.29, 0.717) is 19.4 Å². The summed E-state index contributed by atoms with van der Waals surface area (Å²) in [6, 6.07) is 2.53. The fraction of sp³-hybridized carbons (Fsp3) is 0.600. The van der Waals surface area contributed by atoms with E-state index in [1.54, 1.807) is 13.1 Å². The van der Waals surface area contributed by atoms with Crippen LogP contribution in [0.15, 0.2) is 18.3 Å². The van der Waals surface area contributed by atoms with Crippen LogP contribution in [0.4, 0.5) is 10.6 Å². The molecule has 152 valence electrons. The number of pyridine rings is 1. The van der Waals surface area contributed by atoms with Gasteiger partial charge in [0.05, 0.1) is 0 Å². The number of hydrogen-bond donors (Lipinski definition) is 2. The van der Waals surface area contributed by atoms with Crippen LogP contribution in [-0.4, -0.2) is 52.4 Å². The number of carbonyl (C=O) groups is 3. The van der Waals surface area contributed by atoms with Crippen molar-refractivity contribution in [3.8, 4) is 0 Å². The van der Waals surface area contributed by atoms with Gasteiger partial charge in [-0.2, -0.15) is 0 Å². The Bertz CT molecular complexity index is 739. The average molecular weight is 387 g/mol. The fourth-order valence-corrected chi connectivity index (χ4v) is 4.02. The number of nitrogens with zero attached hydrogens (tertiary/aromatic N) is 3. The standard InChI is InChI=1S/C20H29N5O3/c1-4-24(5-2)16-9-8-15(12-21-16)13-22-17(26)14(3)25-18(27)20(23-19(25)28)10-6-7-11-20/h8-9,12,14H,4-7,10-11,13H2,1-3H3,(H,22,26)(H,23,28). The number of nitrogens with one attached hydrogen (secondary N) is 2. The molecule has 1 aromatic rings. The minimum atomic E-state index is -0.851. The predicted molar refractivity (Wildman–Crippen MR) is 106 cm³/mol. The Morgan fingerprint density at radius 2 is 1.96 bits per heavy atom. The summed E-state index contributed by atoms with van der Waals surface area (Å²) in [5.74, 6) is 0.267. The van der Waals surface area contributed by atoms with Crippen LogP contribution in [-0.2, 0) is 16.1 Å². The summed E-state index contributed by atoms with van der Waals surface area (Å²) in [6.45, 7) is 7.79. The second kappa shape index (κ2) is 8.16. The molecule has 1 saturated heterocycles. The number of hydrogen-bond acceptors (Lipinski definition) is 5. The molecule has 2 heterocycles. The molecule has 1 spiro atoms. The molecular formula is C20H29N5O3. The molecule has 2 fully saturated rings. The van der Waals surface area contributed by atoms with E-state index in [9.17, 15) is 14.4 Å². The van der Waals surface area contributed by atoms with Crippen LogP contribution >= 0.6 is 0 Å². The van der Waals surface area contributed by atoms with Crippen LogP contribution in [0.1, 0.15) is 52.0 Å². The second-order valence-corrected chi connectivity index (χ2v) is 7.49. The highest BCUT2D eigenvalue weighted by Crippen LogP contribution is 2.35. The number of urea groups is 1. The van der Waals surface area contributed by atoms with Gasteiger partial charge in [0.2, 0.25) is 5.91 Å². The maximum absolute atomic E-state index is 12.8. The van der Waals surface area contributed by atoms with E-state index in [2.05, 4.69) is 34.4 Å². The number of aromatic nitrogens is 1. The molecule has 8 nitrogen and oxygen atoms in total. The molecule has 4 amide bonds. The van der Waals surface area contributed by atoms with Crippen LogP contribution in [0.25, 0.3) is 0 Å². The Labute approximate surface area is 165 Å². The van der Waals surface area contributed by atoms with Crippen molar-refractivity contribution in [3.63, 3.8) is 0 Å². The topological polar surface area (TPSA) is 94.6 Å². The van der Waals surface area contributed by atoms with E-state index in [1.807, 2.05) is 12.1 Å². The van der Waals surface area contributed by atoms with Gasteiger partial charge in [-0.1, -0.05) is 18.9 Å². The fourth-order valence-electron chi connectivity index (χ4n) is 4.02. The Kier molecular flexibility index (Phi) is 5.86. The summed E-state index contributed by atoms with van der Waals surface area (Å²) in [6.07, 6.45) is 4.85. The van der Waals surface area contributed by atoms with Gasteiger partial charge < -0.3 is 15.5 Å². The number of amides is 4. The van der Waals surface area contributed by atoms with Gasteiger partial charge in [0.15, 0.2) is 0 Å². The molecule has 1 atom stereocenters. The van der Waals surface area contributed by atoms with E-state index in [1.165, 1.54) is 0 Å². The normalized spacial score (nSPS) is 19.0. The second-order valence-electron chi connectivity index (χ2n) is 7.49. The van der Waals surface area contributed by atoms with Crippen LogP contribution in [0, 0.1) is 0 Å². The molecule has 1 saturated carbocycles. The zero-order chi connectivity index (χ0) is 20.3. The van der Waals surface area contributed by atoms with Crippen molar-refractivity contribution in [2.45, 2.75) is 64.6 Å². The maximum Gasteiger partial charge on any atom is 0.325 e. The molecule has 0 bridgehead atoms. The first-order chi connectivity index (χ1) is 13.4. The summed E-state index contributed by atoms with van der Waals surface area (Å²) in [5.41, 5.74) is 0.0661. The summed E-state index contributed by atoms with van der Waals surface area (Å²) in [5, 5.41) is 5.62. The third kappa shape index (κ3) is 3.68. The minimum absolute atomic E-state index is 0.275. The van der Waals surface area contributed by atoms with Crippen molar-refractivity contribution in [1.29, 1.82) is 0 Å². The monoisotopic (exact) mass is 387 g/mol. The third-order valence-corrected chi connectivity index (χ3v) is 5.78. The molecule has 3 rings (SSSR count). The first-order valence-electron chi connectivity index (χ1n) is 10.0. The van der Waals surface area contributed by atoms with E-state index in [-0.39, 0.29) is 11.8 Å². The molecule has 0 aromatic carbocycles. The number of carbonyl (C=O) groups excluding carboxylic acids is 3. The minimum Gasteiger partial charge on any atom is -0.357 e. The molecule has 2 aliphatic rings. The molecule has 0 radical (unpaired) electrons. The molecule has 1 unspecified atom stereocenters. The smallest absolute Gasteiger partial charge is 0.325 e. The highest BCUT2D eigenvalue weighted by atomic mass is 16.2. The molecule has 1 aromatic heterocycles. The Morgan fingerprint density at radius 1 is 1.29 bits per heavy atom. The van der Waals surface area contributed by atoms with Crippen molar-refractivity contribution in [3.05, 3.63) is 23.9 Å². The number of imide groups is 1. The third-order valence-electron chi connectivity index (χ3n) is 5.78. The van der Waals surface area contributed by atoms with Crippen molar-refractivity contribution in [2.24, 2.45) is 0 Å². The summed E-state index contributed by atoms with van der Waals surface area (Å²) in [4.78, 5) is 45.3. The highest BCUT2D eigenvalue weighted by molar-refractivity contribution is 6.09. The van der Waals surface area contributed by atoms with Gasteiger partial charge in [-0.15, -0.1) is 0 Å². The van der Waals surface area contributed by atoms with Gasteiger partial charge in [-0.3, -0.25) is 9.59 Å². The number of rotatable bonds is 7. The molecule has 2 N–H and O–H groups in total. The lowest BCUT2D eigenvalue weighted by atomic mass is 9.97. The summed E-state index contributed by atoms with van der Waals surface area (Å²) in [7, 11) is 0. The van der Waals surface area contributed by atoms with Crippen molar-refractivity contribution in [1.82, 2.24) is 20.5 Å². The van der Waals surface area contributed by atoms with Gasteiger partial charge in [0.1, 0.15) is 17.4 Å². The van der Waals surface area contributed by atoms with Crippen LogP contribution in [0.5, 0.6) is 0 Å². The Morgan fingerprint density at radius 3 is 2.54 bits per heavy atom.